The fourth-order valence-electron chi connectivity index (χ4n) is 2.08. The normalized spacial score (nSPS) is 11.2. The summed E-state index contributed by atoms with van der Waals surface area (Å²) in [6, 6.07) is 10.9. The molecule has 1 aromatic carbocycles. The SMILES string of the molecule is CCNC(=NCc1ccc(NC(=O)c2ccco2)cc1)NCCOC. The predicted octanol–water partition coefficient (Wildman–Crippen LogP) is 2.23. The smallest absolute Gasteiger partial charge is 0.291 e. The van der Waals surface area contributed by atoms with E-state index >= 15 is 0 Å². The first-order chi connectivity index (χ1) is 12.2. The monoisotopic (exact) mass is 344 g/mol. The highest BCUT2D eigenvalue weighted by Gasteiger charge is 2.08. The lowest BCUT2D eigenvalue weighted by Crippen LogP contribution is -2.38. The van der Waals surface area contributed by atoms with Crippen LogP contribution in [0.3, 0.4) is 0 Å². The van der Waals surface area contributed by atoms with Crippen molar-refractivity contribution in [2.75, 3.05) is 32.1 Å². The average molecular weight is 344 g/mol. The number of nitrogens with zero attached hydrogens (tertiary/aromatic N) is 1. The summed E-state index contributed by atoms with van der Waals surface area (Å²) in [5.41, 5.74) is 1.75. The van der Waals surface area contributed by atoms with Crippen LogP contribution in [0.5, 0.6) is 0 Å². The molecule has 0 unspecified atom stereocenters. The maximum Gasteiger partial charge on any atom is 0.291 e. The van der Waals surface area contributed by atoms with Gasteiger partial charge >= 0.3 is 0 Å². The lowest BCUT2D eigenvalue weighted by Gasteiger charge is -2.11. The quantitative estimate of drug-likeness (QED) is 0.388. The topological polar surface area (TPSA) is 87.9 Å². The summed E-state index contributed by atoms with van der Waals surface area (Å²) in [5, 5.41) is 9.16. The van der Waals surface area contributed by atoms with Gasteiger partial charge in [-0.2, -0.15) is 0 Å². The minimum atomic E-state index is -0.271. The summed E-state index contributed by atoms with van der Waals surface area (Å²) in [7, 11) is 1.66. The third kappa shape index (κ3) is 6.31. The second-order valence-corrected chi connectivity index (χ2v) is 5.24. The molecule has 0 fully saturated rings. The zero-order valence-electron chi connectivity index (χ0n) is 14.5. The van der Waals surface area contributed by atoms with Crippen LogP contribution in [0.2, 0.25) is 0 Å². The molecule has 3 N–H and O–H groups in total. The van der Waals surface area contributed by atoms with Gasteiger partial charge < -0.3 is 25.1 Å². The molecule has 0 saturated carbocycles. The van der Waals surface area contributed by atoms with Crippen LogP contribution in [0.1, 0.15) is 23.0 Å². The molecule has 25 heavy (non-hydrogen) atoms. The standard InChI is InChI=1S/C18H24N4O3/c1-3-19-18(20-10-12-24-2)21-13-14-6-8-15(9-7-14)22-17(23)16-5-4-11-25-16/h4-9,11H,3,10,12-13H2,1-2H3,(H,22,23)(H2,19,20,21). The fourth-order valence-corrected chi connectivity index (χ4v) is 2.08. The molecule has 0 aliphatic heterocycles. The first kappa shape index (κ1) is 18.5. The number of carbonyl (C=O) groups is 1. The number of aliphatic imine (C=N–C) groups is 1. The summed E-state index contributed by atoms with van der Waals surface area (Å²) in [6.07, 6.45) is 1.47. The Kier molecular flexibility index (Phi) is 7.52. The number of furan rings is 1. The number of nitrogens with one attached hydrogen (secondary N) is 3. The minimum Gasteiger partial charge on any atom is -0.459 e. The van der Waals surface area contributed by atoms with Gasteiger partial charge in [-0.3, -0.25) is 4.79 Å². The van der Waals surface area contributed by atoms with Gasteiger partial charge in [0.2, 0.25) is 0 Å². The van der Waals surface area contributed by atoms with E-state index in [0.29, 0.717) is 25.4 Å². The van der Waals surface area contributed by atoms with E-state index in [4.69, 9.17) is 9.15 Å². The summed E-state index contributed by atoms with van der Waals surface area (Å²) in [6.45, 7) is 4.66. The number of hydrogen-bond acceptors (Lipinski definition) is 4. The number of ether oxygens (including phenoxy) is 1. The van der Waals surface area contributed by atoms with E-state index in [-0.39, 0.29) is 11.7 Å². The third-order valence-electron chi connectivity index (χ3n) is 3.32. The zero-order chi connectivity index (χ0) is 17.9. The van der Waals surface area contributed by atoms with Crippen molar-refractivity contribution in [2.24, 2.45) is 4.99 Å². The second kappa shape index (κ2) is 10.1. The maximum absolute atomic E-state index is 11.9. The van der Waals surface area contributed by atoms with Crippen LogP contribution in [0, 0.1) is 0 Å². The van der Waals surface area contributed by atoms with Crippen molar-refractivity contribution >= 4 is 17.6 Å². The van der Waals surface area contributed by atoms with Crippen LogP contribution < -0.4 is 16.0 Å². The van der Waals surface area contributed by atoms with E-state index in [2.05, 4.69) is 20.9 Å². The number of benzene rings is 1. The average Bonchev–Trinajstić information content (AvgIpc) is 3.16. The van der Waals surface area contributed by atoms with E-state index in [1.807, 2.05) is 31.2 Å². The Morgan fingerprint density at radius 1 is 1.20 bits per heavy atom. The van der Waals surface area contributed by atoms with Gasteiger partial charge in [0.05, 0.1) is 19.4 Å². The third-order valence-corrected chi connectivity index (χ3v) is 3.32. The second-order valence-electron chi connectivity index (χ2n) is 5.24. The van der Waals surface area contributed by atoms with Crippen LogP contribution in [-0.2, 0) is 11.3 Å². The molecule has 134 valence electrons. The molecular weight excluding hydrogens is 320 g/mol. The van der Waals surface area contributed by atoms with Crippen molar-refractivity contribution in [1.29, 1.82) is 0 Å². The largest absolute Gasteiger partial charge is 0.459 e. The molecule has 0 aliphatic carbocycles. The number of methoxy groups -OCH3 is 1. The van der Waals surface area contributed by atoms with Crippen molar-refractivity contribution < 1.29 is 13.9 Å². The summed E-state index contributed by atoms with van der Waals surface area (Å²) < 4.78 is 10.1. The van der Waals surface area contributed by atoms with Crippen molar-refractivity contribution in [1.82, 2.24) is 10.6 Å². The van der Waals surface area contributed by atoms with E-state index < -0.39 is 0 Å². The first-order valence-corrected chi connectivity index (χ1v) is 8.18. The summed E-state index contributed by atoms with van der Waals surface area (Å²) in [5.74, 6) is 0.758. The Labute approximate surface area is 147 Å². The van der Waals surface area contributed by atoms with Gasteiger partial charge in [-0.1, -0.05) is 12.1 Å². The van der Waals surface area contributed by atoms with Gasteiger partial charge in [0.15, 0.2) is 11.7 Å². The van der Waals surface area contributed by atoms with Crippen LogP contribution in [0.15, 0.2) is 52.1 Å². The number of guanidine groups is 1. The molecule has 1 heterocycles. The van der Waals surface area contributed by atoms with Crippen LogP contribution >= 0.6 is 0 Å². The minimum absolute atomic E-state index is 0.271. The van der Waals surface area contributed by atoms with Crippen LogP contribution in [-0.4, -0.2) is 38.7 Å². The molecule has 0 aliphatic rings. The molecule has 7 heteroatoms. The van der Waals surface area contributed by atoms with E-state index in [0.717, 1.165) is 18.1 Å². The van der Waals surface area contributed by atoms with Gasteiger partial charge in [-0.05, 0) is 36.8 Å². The number of rotatable bonds is 8. The Morgan fingerprint density at radius 2 is 2.00 bits per heavy atom. The molecule has 0 radical (unpaired) electrons. The molecule has 0 atom stereocenters. The molecular formula is C18H24N4O3. The van der Waals surface area contributed by atoms with Crippen molar-refractivity contribution in [3.05, 3.63) is 54.0 Å². The van der Waals surface area contributed by atoms with Gasteiger partial charge in [0.25, 0.3) is 5.91 Å². The fraction of sp³-hybridized carbons (Fsp3) is 0.333. The molecule has 0 spiro atoms. The number of hydrogen-bond donors (Lipinski definition) is 3. The van der Waals surface area contributed by atoms with Gasteiger partial charge in [0, 0.05) is 25.9 Å². The highest BCUT2D eigenvalue weighted by molar-refractivity contribution is 6.02. The Bertz CT molecular complexity index is 666. The molecule has 1 aromatic heterocycles. The lowest BCUT2D eigenvalue weighted by molar-refractivity contribution is 0.0996. The lowest BCUT2D eigenvalue weighted by atomic mass is 10.2. The first-order valence-electron chi connectivity index (χ1n) is 8.18. The van der Waals surface area contributed by atoms with Gasteiger partial charge in [-0.15, -0.1) is 0 Å². The number of amides is 1. The van der Waals surface area contributed by atoms with Gasteiger partial charge in [-0.25, -0.2) is 4.99 Å². The molecule has 2 aromatic rings. The summed E-state index contributed by atoms with van der Waals surface area (Å²) >= 11 is 0. The van der Waals surface area contributed by atoms with Crippen molar-refractivity contribution in [2.45, 2.75) is 13.5 Å². The van der Waals surface area contributed by atoms with E-state index in [9.17, 15) is 4.79 Å². The summed E-state index contributed by atoms with van der Waals surface area (Å²) in [4.78, 5) is 16.4. The molecule has 2 rings (SSSR count). The Morgan fingerprint density at radius 3 is 2.64 bits per heavy atom. The highest BCUT2D eigenvalue weighted by atomic mass is 16.5. The van der Waals surface area contributed by atoms with E-state index in [1.54, 1.807) is 19.2 Å². The predicted molar refractivity (Wildman–Crippen MR) is 97.8 cm³/mol. The number of anilines is 1. The van der Waals surface area contributed by atoms with Crippen LogP contribution in [0.25, 0.3) is 0 Å². The molecule has 0 saturated heterocycles. The highest BCUT2D eigenvalue weighted by Crippen LogP contribution is 2.12. The Balaban J connectivity index is 1.89. The molecule has 7 nitrogen and oxygen atoms in total. The van der Waals surface area contributed by atoms with Crippen molar-refractivity contribution in [3.63, 3.8) is 0 Å². The maximum atomic E-state index is 11.9. The zero-order valence-corrected chi connectivity index (χ0v) is 14.5. The van der Waals surface area contributed by atoms with Crippen LogP contribution in [0.4, 0.5) is 5.69 Å². The number of carbonyl (C=O) groups excluding carboxylic acids is 1. The van der Waals surface area contributed by atoms with E-state index in [1.165, 1.54) is 6.26 Å². The molecule has 0 bridgehead atoms. The van der Waals surface area contributed by atoms with Crippen molar-refractivity contribution in [3.8, 4) is 0 Å². The Hall–Kier alpha value is -2.80. The van der Waals surface area contributed by atoms with Gasteiger partial charge in [0.1, 0.15) is 0 Å². The molecule has 1 amide bonds.